The Morgan fingerprint density at radius 2 is 0.752 bits per heavy atom. The molecule has 564 valence electrons. The van der Waals surface area contributed by atoms with E-state index in [1.54, 1.807) is 58.2 Å². The molecule has 0 aliphatic carbocycles. The lowest BCUT2D eigenvalue weighted by Gasteiger charge is -2.37. The van der Waals surface area contributed by atoms with Crippen LogP contribution in [0.3, 0.4) is 0 Å². The number of aliphatic hydroxyl groups is 1. The Balaban J connectivity index is 0.000000209. The molecule has 4 aromatic heterocycles. The van der Waals surface area contributed by atoms with Crippen molar-refractivity contribution in [2.75, 3.05) is 144 Å². The van der Waals surface area contributed by atoms with Gasteiger partial charge in [0.15, 0.2) is 0 Å². The van der Waals surface area contributed by atoms with Gasteiger partial charge in [0.05, 0.1) is 63.5 Å². The van der Waals surface area contributed by atoms with Crippen molar-refractivity contribution < 1.29 is 76.2 Å². The number of carbonyl (C=O) groups excluding carboxylic acids is 4. The van der Waals surface area contributed by atoms with E-state index in [0.29, 0.717) is 86.0 Å². The second kappa shape index (κ2) is 41.3. The predicted molar refractivity (Wildman–Crippen MR) is 396 cm³/mol. The number of nitrogens with one attached hydrogen (secondary N) is 3. The van der Waals surface area contributed by atoms with Crippen molar-refractivity contribution in [2.24, 2.45) is 0 Å². The SMILES string of the molecule is CO.COC(=O)c1ccccc1N1CCNCC1.Cc1cc(C)n(CC(=O)N2CCN(c3ccccc3C(=O)Nc3ccncc3)CC2)n1.Cc1cc(C)n(CC(=O)N2CCN(c3ccccc3C(=O)O)CC2)n1.Cc1cc(C)n(CC(=O)O)n1.O=C(O)c1ccccc1N1CCNCC1.O=S(=O)(O)O. The number of aliphatic hydroxyl groups excluding tert-OH is 1. The highest BCUT2D eigenvalue weighted by Crippen LogP contribution is 2.26. The monoisotopic (exact) mass is 1470 g/mol. The van der Waals surface area contributed by atoms with Crippen molar-refractivity contribution in [3.8, 4) is 0 Å². The molecule has 4 fully saturated rings. The van der Waals surface area contributed by atoms with Crippen molar-refractivity contribution in [3.05, 3.63) is 196 Å². The summed E-state index contributed by atoms with van der Waals surface area (Å²) in [5, 5.41) is 56.0. The normalized spacial score (nSPS) is 14.0. The van der Waals surface area contributed by atoms with Gasteiger partial charge in [0.1, 0.15) is 19.6 Å². The first-order chi connectivity index (χ1) is 50.2. The largest absolute Gasteiger partial charge is 0.480 e. The first-order valence-electron chi connectivity index (χ1n) is 33.7. The van der Waals surface area contributed by atoms with Crippen LogP contribution in [0.15, 0.2) is 140 Å². The van der Waals surface area contributed by atoms with Crippen molar-refractivity contribution >= 4 is 80.4 Å². The molecule has 105 heavy (non-hydrogen) atoms. The molecule has 8 aromatic rings. The molecule has 0 unspecified atom stereocenters. The Kier molecular flexibility index (Phi) is 32.6. The van der Waals surface area contributed by atoms with Crippen molar-refractivity contribution in [3.63, 3.8) is 0 Å². The first-order valence-corrected chi connectivity index (χ1v) is 35.1. The third kappa shape index (κ3) is 26.3. The van der Waals surface area contributed by atoms with E-state index < -0.39 is 28.3 Å². The predicted octanol–water partition coefficient (Wildman–Crippen LogP) is 5.26. The van der Waals surface area contributed by atoms with Gasteiger partial charge < -0.3 is 70.5 Å². The fourth-order valence-corrected chi connectivity index (χ4v) is 11.8. The van der Waals surface area contributed by atoms with Crippen LogP contribution in [0.25, 0.3) is 0 Å². The number of nitrogens with zero attached hydrogens (tertiary/aromatic N) is 13. The lowest BCUT2D eigenvalue weighted by Crippen LogP contribution is -2.50. The van der Waals surface area contributed by atoms with Gasteiger partial charge in [0.25, 0.3) is 5.91 Å². The third-order valence-electron chi connectivity index (χ3n) is 16.7. The van der Waals surface area contributed by atoms with Gasteiger partial charge in [-0.2, -0.15) is 23.7 Å². The smallest absolute Gasteiger partial charge is 0.394 e. The van der Waals surface area contributed by atoms with Crippen molar-refractivity contribution in [2.45, 2.75) is 61.2 Å². The highest BCUT2D eigenvalue weighted by molar-refractivity contribution is 7.79. The lowest BCUT2D eigenvalue weighted by molar-refractivity contribution is -0.138. The summed E-state index contributed by atoms with van der Waals surface area (Å²) in [6.45, 7) is 24.1. The van der Waals surface area contributed by atoms with Gasteiger partial charge in [0, 0.05) is 153 Å². The minimum atomic E-state index is -4.67. The summed E-state index contributed by atoms with van der Waals surface area (Å²) >= 11 is 0. The van der Waals surface area contributed by atoms with E-state index >= 15 is 0 Å². The molecular weight excluding hydrogens is 1380 g/mol. The minimum absolute atomic E-state index is 0.0392. The van der Waals surface area contributed by atoms with Crippen LogP contribution in [0.4, 0.5) is 28.4 Å². The second-order valence-electron chi connectivity index (χ2n) is 24.2. The number of hydrogen-bond acceptors (Lipinski definition) is 21. The molecule has 4 aliphatic heterocycles. The molecule has 8 heterocycles. The van der Waals surface area contributed by atoms with Crippen LogP contribution in [-0.2, 0) is 49.2 Å². The number of carboxylic acid groups (broad SMARTS) is 3. The number of methoxy groups -OCH3 is 1. The molecule has 4 aromatic carbocycles. The van der Waals surface area contributed by atoms with Gasteiger partial charge in [-0.1, -0.05) is 48.5 Å². The van der Waals surface area contributed by atoms with E-state index in [1.165, 1.54) is 11.8 Å². The van der Waals surface area contributed by atoms with Crippen molar-refractivity contribution in [1.29, 1.82) is 0 Å². The van der Waals surface area contributed by atoms with E-state index in [4.69, 9.17) is 37.6 Å². The van der Waals surface area contributed by atoms with Crippen LogP contribution in [0.1, 0.15) is 75.6 Å². The minimum Gasteiger partial charge on any atom is -0.480 e. The van der Waals surface area contributed by atoms with Crippen LogP contribution in [0.2, 0.25) is 0 Å². The Bertz CT molecular complexity index is 4270. The quantitative estimate of drug-likeness (QED) is 0.0467. The second-order valence-corrected chi connectivity index (χ2v) is 25.1. The highest BCUT2D eigenvalue weighted by Gasteiger charge is 2.27. The molecule has 0 saturated carbocycles. The maximum Gasteiger partial charge on any atom is 0.394 e. The number of rotatable bonds is 15. The summed E-state index contributed by atoms with van der Waals surface area (Å²) in [6, 6.07) is 38.6. The van der Waals surface area contributed by atoms with Gasteiger partial charge in [0.2, 0.25) is 11.8 Å². The van der Waals surface area contributed by atoms with Gasteiger partial charge in [-0.15, -0.1) is 0 Å². The lowest BCUT2D eigenvalue weighted by atomic mass is 10.1. The number of para-hydroxylation sites is 4. The summed E-state index contributed by atoms with van der Waals surface area (Å²) in [5.74, 6) is -2.98. The molecule has 0 bridgehead atoms. The van der Waals surface area contributed by atoms with E-state index in [0.717, 1.165) is 111 Å². The number of hydrogen-bond donors (Lipinski definition) is 9. The first kappa shape index (κ1) is 82.9. The van der Waals surface area contributed by atoms with Crippen LogP contribution in [-0.4, -0.2) is 243 Å². The average molecular weight is 1470 g/mol. The number of ether oxygens (including phenoxy) is 1. The molecule has 0 atom stereocenters. The number of aliphatic carboxylic acids is 1. The Morgan fingerprint density at radius 3 is 1.08 bits per heavy atom. The zero-order valence-electron chi connectivity index (χ0n) is 60.2. The molecule has 12 rings (SSSR count). The van der Waals surface area contributed by atoms with E-state index in [1.807, 2.05) is 147 Å². The third-order valence-corrected chi connectivity index (χ3v) is 16.7. The molecule has 3 amide bonds. The topological polar surface area (TPSA) is 406 Å². The van der Waals surface area contributed by atoms with Crippen LogP contribution in [0.5, 0.6) is 0 Å². The Hall–Kier alpha value is -11.1. The molecule has 32 nitrogen and oxygen atoms in total. The molecule has 4 saturated heterocycles. The molecule has 9 N–H and O–H groups in total. The number of pyridine rings is 1. The summed E-state index contributed by atoms with van der Waals surface area (Å²) in [5.41, 5.74) is 11.5. The van der Waals surface area contributed by atoms with E-state index in [9.17, 15) is 38.7 Å². The maximum atomic E-state index is 12.9. The van der Waals surface area contributed by atoms with E-state index in [2.05, 4.69) is 50.9 Å². The van der Waals surface area contributed by atoms with Gasteiger partial charge in [-0.25, -0.2) is 14.4 Å². The number of esters is 1. The van der Waals surface area contributed by atoms with Gasteiger partial charge in [-0.3, -0.25) is 47.3 Å². The van der Waals surface area contributed by atoms with Gasteiger partial charge >= 0.3 is 34.3 Å². The number of aryl methyl sites for hydroxylation is 6. The number of aromatic carboxylic acids is 2. The zero-order chi connectivity index (χ0) is 76.8. The Morgan fingerprint density at radius 1 is 0.448 bits per heavy atom. The number of carbonyl (C=O) groups is 7. The molecular formula is C72H94N16O16S. The molecule has 0 spiro atoms. The number of aromatic nitrogens is 7. The Labute approximate surface area is 610 Å². The maximum absolute atomic E-state index is 12.9. The molecule has 33 heteroatoms. The zero-order valence-corrected chi connectivity index (χ0v) is 61.0. The summed E-state index contributed by atoms with van der Waals surface area (Å²) in [6.07, 6.45) is 3.29. The fraction of sp³-hybridized carbons (Fsp3) is 0.375. The van der Waals surface area contributed by atoms with Crippen molar-refractivity contribution in [1.82, 2.24) is 54.8 Å². The standard InChI is InChI=1S/C23H26N6O2.C18H22N4O3.C12H16N2O2.C11H14N2O2.C7H10N2O2.CH4O.H2O4S/c1-17-15-18(2)29(26-17)16-22(30)28-13-11-27(12-14-28)21-6-4-3-5-20(21)23(31)25-19-7-9-24-10-8-19;1-13-11-14(2)22(19-13)12-17(23)21-9-7-20(8-10-21)16-6-4-3-5-15(16)18(24)25;1-16-12(15)10-4-2-3-5-11(10)14-8-6-13-7-9-14;14-11(15)9-3-1-2-4-10(9)13-7-5-12-6-8-13;1-5-3-6(2)9(8-5)4-7(10)11;1-2;1-5(2,3)4/h3-10,15H,11-14,16H2,1-2H3,(H,24,25,31);3-6,11H,7-10,12H2,1-2H3,(H,24,25);2-5,13H,6-9H2,1H3;1-4,12H,5-8H2,(H,14,15);3H,4H2,1-2H3,(H,10,11);2H,1H3;(H2,1,2,3,4). The van der Waals surface area contributed by atoms with Gasteiger partial charge in [-0.05, 0) is 120 Å². The van der Waals surface area contributed by atoms with Crippen LogP contribution < -0.4 is 35.6 Å². The number of carboxylic acids is 3. The summed E-state index contributed by atoms with van der Waals surface area (Å²) in [4.78, 5) is 98.5. The van der Waals surface area contributed by atoms with E-state index in [-0.39, 0.29) is 43.3 Å². The molecule has 4 aliphatic rings. The average Bonchev–Trinajstić information content (AvgIpc) is 1.75. The van der Waals surface area contributed by atoms with Crippen LogP contribution >= 0.6 is 0 Å². The number of amides is 3. The summed E-state index contributed by atoms with van der Waals surface area (Å²) in [7, 11) is -2.25. The summed E-state index contributed by atoms with van der Waals surface area (Å²) < 4.78 is 41.3. The number of benzene rings is 4. The number of anilines is 5. The number of piperazine rings is 4. The molecule has 0 radical (unpaired) electrons. The van der Waals surface area contributed by atoms with Crippen LogP contribution in [0, 0.1) is 41.5 Å². The highest BCUT2D eigenvalue weighted by atomic mass is 32.3. The fourth-order valence-electron chi connectivity index (χ4n) is 11.8.